The van der Waals surface area contributed by atoms with Crippen LogP contribution in [0.1, 0.15) is 34.5 Å². The average Bonchev–Trinajstić information content (AvgIpc) is 3.31. The van der Waals surface area contributed by atoms with Gasteiger partial charge in [-0.1, -0.05) is 36.4 Å². The Morgan fingerprint density at radius 3 is 2.75 bits per heavy atom. The summed E-state index contributed by atoms with van der Waals surface area (Å²) in [6.45, 7) is 2.06. The molecule has 2 N–H and O–H groups in total. The first kappa shape index (κ1) is 18.7. The molecule has 1 aromatic heterocycles. The Bertz CT molecular complexity index is 993. The third-order valence-corrected chi connectivity index (χ3v) is 5.26. The van der Waals surface area contributed by atoms with Crippen LogP contribution in [0.2, 0.25) is 0 Å². The molecule has 1 atom stereocenters. The van der Waals surface area contributed by atoms with Crippen LogP contribution in [0.25, 0.3) is 10.9 Å². The molecule has 28 heavy (non-hydrogen) atoms. The Kier molecular flexibility index (Phi) is 5.41. The predicted molar refractivity (Wildman–Crippen MR) is 105 cm³/mol. The van der Waals surface area contributed by atoms with Gasteiger partial charge in [-0.05, 0) is 25.0 Å². The van der Waals surface area contributed by atoms with E-state index >= 15 is 0 Å². The van der Waals surface area contributed by atoms with E-state index in [1.807, 2.05) is 24.3 Å². The summed E-state index contributed by atoms with van der Waals surface area (Å²) in [5.74, 6) is -1.35. The number of para-hydroxylation sites is 1. The summed E-state index contributed by atoms with van der Waals surface area (Å²) in [7, 11) is 0. The highest BCUT2D eigenvalue weighted by Gasteiger charge is 2.23. The molecule has 5 nitrogen and oxygen atoms in total. The quantitative estimate of drug-likeness (QED) is 0.653. The van der Waals surface area contributed by atoms with Crippen LogP contribution in [0.4, 0.5) is 4.39 Å². The summed E-state index contributed by atoms with van der Waals surface area (Å²) in [5.41, 5.74) is 2.17. The van der Waals surface area contributed by atoms with Crippen LogP contribution in [0.15, 0.2) is 48.5 Å². The number of nitrogens with zero attached hydrogens (tertiary/aromatic N) is 1. The zero-order valence-corrected chi connectivity index (χ0v) is 15.5. The summed E-state index contributed by atoms with van der Waals surface area (Å²) in [4.78, 5) is 12.1. The number of nitrogens with one attached hydrogen (secondary N) is 1. The van der Waals surface area contributed by atoms with Gasteiger partial charge in [-0.2, -0.15) is 0 Å². The summed E-state index contributed by atoms with van der Waals surface area (Å²) in [6.07, 6.45) is 2.27. The van der Waals surface area contributed by atoms with E-state index in [4.69, 9.17) is 4.74 Å². The standard InChI is InChI=1S/C22H23FN2O3/c23-19-9-3-1-6-15(19)14-25-20-10-4-2-8-17(20)18(21(25)22(26)27)13-24-12-16-7-5-11-28-16/h1-4,6,8-10,16,24H,5,7,11-14H2,(H,26,27). The van der Waals surface area contributed by atoms with Crippen LogP contribution < -0.4 is 5.32 Å². The predicted octanol–water partition coefficient (Wildman–Crippen LogP) is 3.80. The first-order chi connectivity index (χ1) is 13.6. The van der Waals surface area contributed by atoms with Gasteiger partial charge in [0.25, 0.3) is 0 Å². The van der Waals surface area contributed by atoms with Gasteiger partial charge in [0.2, 0.25) is 0 Å². The first-order valence-corrected chi connectivity index (χ1v) is 9.54. The van der Waals surface area contributed by atoms with Gasteiger partial charge in [0, 0.05) is 41.7 Å². The second-order valence-corrected chi connectivity index (χ2v) is 7.09. The fourth-order valence-corrected chi connectivity index (χ4v) is 3.92. The van der Waals surface area contributed by atoms with E-state index in [0.717, 1.165) is 35.9 Å². The van der Waals surface area contributed by atoms with Gasteiger partial charge in [-0.15, -0.1) is 0 Å². The number of aromatic carboxylic acids is 1. The molecule has 1 fully saturated rings. The Morgan fingerprint density at radius 1 is 1.21 bits per heavy atom. The molecule has 6 heteroatoms. The lowest BCUT2D eigenvalue weighted by atomic mass is 10.1. The maximum Gasteiger partial charge on any atom is 0.352 e. The number of aromatic nitrogens is 1. The SMILES string of the molecule is O=C(O)c1c(CNCC2CCCO2)c2ccccc2n1Cc1ccccc1F. The van der Waals surface area contributed by atoms with Crippen LogP contribution in [-0.2, 0) is 17.8 Å². The van der Waals surface area contributed by atoms with E-state index in [2.05, 4.69) is 5.32 Å². The molecule has 0 aliphatic carbocycles. The first-order valence-electron chi connectivity index (χ1n) is 9.54. The number of carboxylic acids is 1. The number of carbonyl (C=O) groups is 1. The number of ether oxygens (including phenoxy) is 1. The van der Waals surface area contributed by atoms with Gasteiger partial charge in [-0.3, -0.25) is 0 Å². The van der Waals surface area contributed by atoms with Gasteiger partial charge in [0.15, 0.2) is 0 Å². The van der Waals surface area contributed by atoms with Crippen LogP contribution in [-0.4, -0.2) is 34.9 Å². The maximum absolute atomic E-state index is 14.2. The summed E-state index contributed by atoms with van der Waals surface area (Å²) in [6, 6.07) is 14.0. The molecule has 0 saturated carbocycles. The minimum Gasteiger partial charge on any atom is -0.477 e. The summed E-state index contributed by atoms with van der Waals surface area (Å²) in [5, 5.41) is 14.2. The highest BCUT2D eigenvalue weighted by Crippen LogP contribution is 2.28. The van der Waals surface area contributed by atoms with Crippen molar-refractivity contribution in [3.05, 3.63) is 71.2 Å². The van der Waals surface area contributed by atoms with Crippen LogP contribution >= 0.6 is 0 Å². The molecule has 3 aromatic rings. The molecule has 2 heterocycles. The third kappa shape index (κ3) is 3.66. The lowest BCUT2D eigenvalue weighted by Gasteiger charge is -2.12. The normalized spacial score (nSPS) is 16.7. The van der Waals surface area contributed by atoms with E-state index in [0.29, 0.717) is 18.7 Å². The third-order valence-electron chi connectivity index (χ3n) is 5.26. The highest BCUT2D eigenvalue weighted by atomic mass is 19.1. The molecule has 0 amide bonds. The van der Waals surface area contributed by atoms with Crippen molar-refractivity contribution in [3.63, 3.8) is 0 Å². The van der Waals surface area contributed by atoms with Crippen molar-refractivity contribution < 1.29 is 19.0 Å². The zero-order valence-electron chi connectivity index (χ0n) is 15.5. The molecular weight excluding hydrogens is 359 g/mol. The number of fused-ring (bicyclic) bond motifs is 1. The molecule has 1 aliphatic heterocycles. The van der Waals surface area contributed by atoms with Gasteiger partial charge < -0.3 is 19.7 Å². The number of hydrogen-bond donors (Lipinski definition) is 2. The molecule has 1 saturated heterocycles. The van der Waals surface area contributed by atoms with E-state index < -0.39 is 5.97 Å². The van der Waals surface area contributed by atoms with E-state index in [-0.39, 0.29) is 24.2 Å². The molecule has 1 unspecified atom stereocenters. The van der Waals surface area contributed by atoms with Crippen LogP contribution in [0.5, 0.6) is 0 Å². The molecule has 1 aliphatic rings. The fraction of sp³-hybridized carbons (Fsp3) is 0.318. The van der Waals surface area contributed by atoms with Crippen molar-refractivity contribution in [2.45, 2.75) is 32.0 Å². The molecule has 2 aromatic carbocycles. The van der Waals surface area contributed by atoms with Gasteiger partial charge in [-0.25, -0.2) is 9.18 Å². The van der Waals surface area contributed by atoms with Gasteiger partial charge >= 0.3 is 5.97 Å². The minimum absolute atomic E-state index is 0.167. The van der Waals surface area contributed by atoms with Crippen LogP contribution in [0, 0.1) is 5.82 Å². The van der Waals surface area contributed by atoms with E-state index in [1.165, 1.54) is 6.07 Å². The van der Waals surface area contributed by atoms with E-state index in [9.17, 15) is 14.3 Å². The summed E-state index contributed by atoms with van der Waals surface area (Å²) < 4.78 is 21.5. The molecule has 0 bridgehead atoms. The molecule has 0 radical (unpaired) electrons. The zero-order chi connectivity index (χ0) is 19.5. The largest absolute Gasteiger partial charge is 0.477 e. The van der Waals surface area contributed by atoms with Gasteiger partial charge in [0.1, 0.15) is 11.5 Å². The number of carboxylic acid groups (broad SMARTS) is 1. The number of halogens is 1. The lowest BCUT2D eigenvalue weighted by molar-refractivity contribution is 0.0684. The fourth-order valence-electron chi connectivity index (χ4n) is 3.92. The smallest absolute Gasteiger partial charge is 0.352 e. The Balaban J connectivity index is 1.70. The second-order valence-electron chi connectivity index (χ2n) is 7.09. The molecule has 0 spiro atoms. The Morgan fingerprint density at radius 2 is 2.00 bits per heavy atom. The van der Waals surface area contributed by atoms with Crippen molar-refractivity contribution in [2.75, 3.05) is 13.2 Å². The van der Waals surface area contributed by atoms with Crippen molar-refractivity contribution in [1.82, 2.24) is 9.88 Å². The average molecular weight is 382 g/mol. The monoisotopic (exact) mass is 382 g/mol. The van der Waals surface area contributed by atoms with Crippen molar-refractivity contribution in [2.24, 2.45) is 0 Å². The van der Waals surface area contributed by atoms with Gasteiger partial charge in [0.05, 0.1) is 12.6 Å². The molecule has 4 rings (SSSR count). The minimum atomic E-state index is -1.01. The van der Waals surface area contributed by atoms with Crippen LogP contribution in [0.3, 0.4) is 0 Å². The lowest BCUT2D eigenvalue weighted by Crippen LogP contribution is -2.26. The van der Waals surface area contributed by atoms with E-state index in [1.54, 1.807) is 22.8 Å². The van der Waals surface area contributed by atoms with Crippen molar-refractivity contribution in [1.29, 1.82) is 0 Å². The van der Waals surface area contributed by atoms with Crippen molar-refractivity contribution >= 4 is 16.9 Å². The number of benzene rings is 2. The molecular formula is C22H23FN2O3. The highest BCUT2D eigenvalue weighted by molar-refractivity contribution is 5.98. The Labute approximate surface area is 162 Å². The molecule has 146 valence electrons. The number of hydrogen-bond acceptors (Lipinski definition) is 3. The van der Waals surface area contributed by atoms with Crippen molar-refractivity contribution in [3.8, 4) is 0 Å². The second kappa shape index (κ2) is 8.12. The maximum atomic E-state index is 14.2. The Hall–Kier alpha value is -2.70. The summed E-state index contributed by atoms with van der Waals surface area (Å²) >= 11 is 0. The number of rotatable bonds is 7. The topological polar surface area (TPSA) is 63.5 Å².